The van der Waals surface area contributed by atoms with Crippen molar-refractivity contribution in [2.24, 2.45) is 5.73 Å². The summed E-state index contributed by atoms with van der Waals surface area (Å²) in [5.74, 6) is 0.127. The third-order valence-corrected chi connectivity index (χ3v) is 3.48. The molecule has 1 heterocycles. The van der Waals surface area contributed by atoms with E-state index in [1.807, 2.05) is 17.0 Å². The number of nitrogens with zero attached hydrogens (tertiary/aromatic N) is 1. The molecule has 0 aliphatic carbocycles. The Balaban J connectivity index is 0.00000180. The standard InChI is InChI=1S/C14H20N2O2.ClH/c1-18-13(9-15)8-14(17)16-7-6-11-4-2-3-5-12(11)10-16;/h2-5,13H,6-10,15H2,1H3;1H. The smallest absolute Gasteiger partial charge is 0.225 e. The second-order valence-electron chi connectivity index (χ2n) is 4.63. The summed E-state index contributed by atoms with van der Waals surface area (Å²) in [7, 11) is 1.59. The van der Waals surface area contributed by atoms with Crippen LogP contribution in [-0.2, 0) is 22.5 Å². The van der Waals surface area contributed by atoms with E-state index in [0.717, 1.165) is 13.0 Å². The summed E-state index contributed by atoms with van der Waals surface area (Å²) >= 11 is 0. The fraction of sp³-hybridized carbons (Fsp3) is 0.500. The first kappa shape index (κ1) is 16.0. The molecular formula is C14H21ClN2O2. The fourth-order valence-electron chi connectivity index (χ4n) is 2.30. The van der Waals surface area contributed by atoms with Crippen LogP contribution in [0.2, 0.25) is 0 Å². The second-order valence-corrected chi connectivity index (χ2v) is 4.63. The molecule has 0 saturated heterocycles. The molecule has 1 amide bonds. The Bertz CT molecular complexity index is 422. The van der Waals surface area contributed by atoms with E-state index in [9.17, 15) is 4.79 Å². The van der Waals surface area contributed by atoms with Crippen molar-refractivity contribution in [3.63, 3.8) is 0 Å². The summed E-state index contributed by atoms with van der Waals surface area (Å²) in [5, 5.41) is 0. The zero-order valence-corrected chi connectivity index (χ0v) is 12.0. The van der Waals surface area contributed by atoms with Crippen molar-refractivity contribution in [3.8, 4) is 0 Å². The van der Waals surface area contributed by atoms with Crippen molar-refractivity contribution in [3.05, 3.63) is 35.4 Å². The maximum Gasteiger partial charge on any atom is 0.225 e. The highest BCUT2D eigenvalue weighted by molar-refractivity contribution is 5.85. The predicted octanol–water partition coefficient (Wildman–Crippen LogP) is 1.36. The van der Waals surface area contributed by atoms with Gasteiger partial charge in [-0.2, -0.15) is 0 Å². The van der Waals surface area contributed by atoms with Crippen molar-refractivity contribution in [2.45, 2.75) is 25.5 Å². The minimum Gasteiger partial charge on any atom is -0.380 e. The molecule has 0 saturated carbocycles. The molecule has 0 fully saturated rings. The average molecular weight is 285 g/mol. The Morgan fingerprint density at radius 1 is 1.42 bits per heavy atom. The van der Waals surface area contributed by atoms with Crippen LogP contribution in [0, 0.1) is 0 Å². The van der Waals surface area contributed by atoms with Crippen LogP contribution in [0.1, 0.15) is 17.5 Å². The number of fused-ring (bicyclic) bond motifs is 1. The molecule has 0 spiro atoms. The molecule has 2 rings (SSSR count). The van der Waals surface area contributed by atoms with Crippen LogP contribution < -0.4 is 5.73 Å². The number of amides is 1. The molecule has 1 atom stereocenters. The summed E-state index contributed by atoms with van der Waals surface area (Å²) < 4.78 is 5.16. The maximum atomic E-state index is 12.1. The third kappa shape index (κ3) is 3.93. The number of carbonyl (C=O) groups excluding carboxylic acids is 1. The number of ether oxygens (including phenoxy) is 1. The van der Waals surface area contributed by atoms with Gasteiger partial charge in [-0.25, -0.2) is 0 Å². The van der Waals surface area contributed by atoms with Gasteiger partial charge in [-0.15, -0.1) is 12.4 Å². The first-order valence-corrected chi connectivity index (χ1v) is 6.32. The minimum atomic E-state index is -0.172. The SMILES string of the molecule is COC(CN)CC(=O)N1CCc2ccccc2C1.Cl. The van der Waals surface area contributed by atoms with E-state index in [-0.39, 0.29) is 24.4 Å². The molecule has 1 unspecified atom stereocenters. The number of hydrogen-bond acceptors (Lipinski definition) is 3. The molecule has 4 nitrogen and oxygen atoms in total. The topological polar surface area (TPSA) is 55.6 Å². The van der Waals surface area contributed by atoms with E-state index in [4.69, 9.17) is 10.5 Å². The van der Waals surface area contributed by atoms with Gasteiger partial charge in [0.15, 0.2) is 0 Å². The average Bonchev–Trinajstić information content (AvgIpc) is 2.44. The number of halogens is 1. The lowest BCUT2D eigenvalue weighted by atomic mass is 9.99. The van der Waals surface area contributed by atoms with E-state index in [1.165, 1.54) is 11.1 Å². The number of benzene rings is 1. The molecule has 1 aromatic carbocycles. The third-order valence-electron chi connectivity index (χ3n) is 3.48. The Morgan fingerprint density at radius 3 is 2.74 bits per heavy atom. The number of carbonyl (C=O) groups is 1. The van der Waals surface area contributed by atoms with Gasteiger partial charge in [-0.05, 0) is 17.5 Å². The van der Waals surface area contributed by atoms with Crippen LogP contribution in [0.25, 0.3) is 0 Å². The van der Waals surface area contributed by atoms with Gasteiger partial charge in [0.1, 0.15) is 0 Å². The molecule has 1 aromatic rings. The van der Waals surface area contributed by atoms with Gasteiger partial charge in [0.25, 0.3) is 0 Å². The Morgan fingerprint density at radius 2 is 2.11 bits per heavy atom. The van der Waals surface area contributed by atoms with Crippen LogP contribution in [0.4, 0.5) is 0 Å². The molecule has 0 radical (unpaired) electrons. The predicted molar refractivity (Wildman–Crippen MR) is 77.3 cm³/mol. The molecule has 106 valence electrons. The van der Waals surface area contributed by atoms with E-state index in [0.29, 0.717) is 19.5 Å². The molecule has 0 aromatic heterocycles. The summed E-state index contributed by atoms with van der Waals surface area (Å²) in [4.78, 5) is 14.0. The molecule has 5 heteroatoms. The maximum absolute atomic E-state index is 12.1. The van der Waals surface area contributed by atoms with Crippen molar-refractivity contribution in [2.75, 3.05) is 20.2 Å². The first-order valence-electron chi connectivity index (χ1n) is 6.32. The Labute approximate surface area is 120 Å². The quantitative estimate of drug-likeness (QED) is 0.908. The van der Waals surface area contributed by atoms with Crippen LogP contribution in [0.5, 0.6) is 0 Å². The van der Waals surface area contributed by atoms with Crippen molar-refractivity contribution in [1.82, 2.24) is 4.90 Å². The molecular weight excluding hydrogens is 264 g/mol. The van der Waals surface area contributed by atoms with Gasteiger partial charge >= 0.3 is 0 Å². The summed E-state index contributed by atoms with van der Waals surface area (Å²) in [6, 6.07) is 8.29. The minimum absolute atomic E-state index is 0. The van der Waals surface area contributed by atoms with Gasteiger partial charge in [0, 0.05) is 26.7 Å². The largest absolute Gasteiger partial charge is 0.380 e. The summed E-state index contributed by atoms with van der Waals surface area (Å²) in [5.41, 5.74) is 8.14. The van der Waals surface area contributed by atoms with Crippen LogP contribution in [0.15, 0.2) is 24.3 Å². The Hall–Kier alpha value is -1.10. The molecule has 1 aliphatic heterocycles. The zero-order chi connectivity index (χ0) is 13.0. The highest BCUT2D eigenvalue weighted by Crippen LogP contribution is 2.19. The van der Waals surface area contributed by atoms with Gasteiger partial charge in [-0.1, -0.05) is 24.3 Å². The lowest BCUT2D eigenvalue weighted by Gasteiger charge is -2.29. The highest BCUT2D eigenvalue weighted by Gasteiger charge is 2.22. The zero-order valence-electron chi connectivity index (χ0n) is 11.2. The van der Waals surface area contributed by atoms with Crippen LogP contribution in [-0.4, -0.2) is 37.1 Å². The van der Waals surface area contributed by atoms with Gasteiger partial charge < -0.3 is 15.4 Å². The second kappa shape index (κ2) is 7.48. The van der Waals surface area contributed by atoms with Gasteiger partial charge in [0.2, 0.25) is 5.91 Å². The van der Waals surface area contributed by atoms with Crippen LogP contribution >= 0.6 is 12.4 Å². The van der Waals surface area contributed by atoms with E-state index in [2.05, 4.69) is 12.1 Å². The van der Waals surface area contributed by atoms with E-state index in [1.54, 1.807) is 7.11 Å². The molecule has 1 aliphatic rings. The number of hydrogen-bond donors (Lipinski definition) is 1. The molecule has 2 N–H and O–H groups in total. The fourth-order valence-corrected chi connectivity index (χ4v) is 2.30. The monoisotopic (exact) mass is 284 g/mol. The molecule has 0 bridgehead atoms. The number of methoxy groups -OCH3 is 1. The van der Waals surface area contributed by atoms with Crippen molar-refractivity contribution in [1.29, 1.82) is 0 Å². The summed E-state index contributed by atoms with van der Waals surface area (Å²) in [6.07, 6.45) is 1.13. The molecule has 19 heavy (non-hydrogen) atoms. The first-order chi connectivity index (χ1) is 8.74. The summed E-state index contributed by atoms with van der Waals surface area (Å²) in [6.45, 7) is 1.87. The van der Waals surface area contributed by atoms with Gasteiger partial charge in [-0.3, -0.25) is 4.79 Å². The number of rotatable bonds is 4. The van der Waals surface area contributed by atoms with Crippen molar-refractivity contribution >= 4 is 18.3 Å². The van der Waals surface area contributed by atoms with Crippen LogP contribution in [0.3, 0.4) is 0 Å². The lowest BCUT2D eigenvalue weighted by Crippen LogP contribution is -2.39. The number of nitrogens with two attached hydrogens (primary N) is 1. The van der Waals surface area contributed by atoms with Crippen molar-refractivity contribution < 1.29 is 9.53 Å². The lowest BCUT2D eigenvalue weighted by molar-refractivity contribution is -0.134. The highest BCUT2D eigenvalue weighted by atomic mass is 35.5. The Kier molecular flexibility index (Phi) is 6.28. The normalized spacial score (nSPS) is 15.4. The van der Waals surface area contributed by atoms with E-state index >= 15 is 0 Å². The van der Waals surface area contributed by atoms with Gasteiger partial charge in [0.05, 0.1) is 12.5 Å². The van der Waals surface area contributed by atoms with E-state index < -0.39 is 0 Å².